The van der Waals surface area contributed by atoms with Gasteiger partial charge in [-0.3, -0.25) is 9.59 Å². The number of pyridine rings is 1. The zero-order chi connectivity index (χ0) is 25.5. The lowest BCUT2D eigenvalue weighted by atomic mass is 9.97. The average Bonchev–Trinajstić information content (AvgIpc) is 2.85. The number of hydrogen-bond acceptors (Lipinski definition) is 6. The van der Waals surface area contributed by atoms with Crippen molar-refractivity contribution < 1.29 is 24.2 Å². The summed E-state index contributed by atoms with van der Waals surface area (Å²) >= 11 is 0. The number of carbonyl (C=O) groups excluding carboxylic acids is 2. The van der Waals surface area contributed by atoms with Crippen LogP contribution in [0.4, 0.5) is 10.5 Å². The second-order valence-electron chi connectivity index (χ2n) is 7.94. The maximum absolute atomic E-state index is 12.9. The lowest BCUT2D eigenvalue weighted by Crippen LogP contribution is -2.36. The minimum absolute atomic E-state index is 0.139. The van der Waals surface area contributed by atoms with E-state index in [2.05, 4.69) is 10.6 Å². The number of amides is 2. The summed E-state index contributed by atoms with van der Waals surface area (Å²) in [5.74, 6) is -0.183. The first-order valence-electron chi connectivity index (χ1n) is 11.1. The van der Waals surface area contributed by atoms with Gasteiger partial charge in [0, 0.05) is 24.4 Å². The summed E-state index contributed by atoms with van der Waals surface area (Å²) in [5.41, 5.74) is 1.92. The zero-order valence-electron chi connectivity index (χ0n) is 20.1. The van der Waals surface area contributed by atoms with Crippen LogP contribution >= 0.6 is 0 Å². The van der Waals surface area contributed by atoms with Crippen LogP contribution in [0.25, 0.3) is 11.1 Å². The van der Waals surface area contributed by atoms with E-state index in [9.17, 15) is 19.5 Å². The van der Waals surface area contributed by atoms with Crippen molar-refractivity contribution >= 4 is 17.7 Å². The number of methoxy groups -OCH3 is 1. The molecule has 0 saturated carbocycles. The lowest BCUT2D eigenvalue weighted by Gasteiger charge is -2.21. The Labute approximate surface area is 203 Å². The van der Waals surface area contributed by atoms with Crippen molar-refractivity contribution in [3.63, 3.8) is 0 Å². The molecule has 3 N–H and O–H groups in total. The van der Waals surface area contributed by atoms with Crippen LogP contribution in [-0.2, 0) is 16.6 Å². The van der Waals surface area contributed by atoms with E-state index in [4.69, 9.17) is 9.47 Å². The summed E-state index contributed by atoms with van der Waals surface area (Å²) in [4.78, 5) is 37.7. The molecule has 0 aliphatic rings. The quantitative estimate of drug-likeness (QED) is 0.422. The van der Waals surface area contributed by atoms with Crippen LogP contribution in [0.2, 0.25) is 0 Å². The van der Waals surface area contributed by atoms with Gasteiger partial charge >= 0.3 is 12.0 Å². The van der Waals surface area contributed by atoms with E-state index in [1.807, 2.05) is 36.4 Å². The number of carbonyl (C=O) groups is 2. The first-order valence-corrected chi connectivity index (χ1v) is 11.1. The summed E-state index contributed by atoms with van der Waals surface area (Å²) in [6.07, 6.45) is 1.33. The van der Waals surface area contributed by atoms with Crippen molar-refractivity contribution in [1.29, 1.82) is 0 Å². The fourth-order valence-electron chi connectivity index (χ4n) is 3.73. The van der Waals surface area contributed by atoms with E-state index in [1.165, 1.54) is 17.8 Å². The number of ether oxygens (including phenoxy) is 2. The van der Waals surface area contributed by atoms with Crippen LogP contribution in [0.3, 0.4) is 0 Å². The van der Waals surface area contributed by atoms with Gasteiger partial charge in [-0.1, -0.05) is 36.4 Å². The summed E-state index contributed by atoms with van der Waals surface area (Å²) in [5, 5.41) is 15.4. The molecule has 1 atom stereocenters. The van der Waals surface area contributed by atoms with Crippen LogP contribution in [0.5, 0.6) is 11.5 Å². The number of urea groups is 1. The monoisotopic (exact) mass is 479 g/mol. The molecule has 0 radical (unpaired) electrons. The van der Waals surface area contributed by atoms with Gasteiger partial charge in [-0.2, -0.15) is 0 Å². The molecule has 2 amide bonds. The molecule has 0 spiro atoms. The van der Waals surface area contributed by atoms with E-state index in [0.29, 0.717) is 16.9 Å². The Hall–Kier alpha value is -4.27. The van der Waals surface area contributed by atoms with Crippen molar-refractivity contribution in [1.82, 2.24) is 9.88 Å². The smallest absolute Gasteiger partial charge is 0.319 e. The summed E-state index contributed by atoms with van der Waals surface area (Å²) < 4.78 is 11.9. The second-order valence-corrected chi connectivity index (χ2v) is 7.94. The van der Waals surface area contributed by atoms with Gasteiger partial charge in [0.25, 0.3) is 5.56 Å². The van der Waals surface area contributed by atoms with E-state index in [-0.39, 0.29) is 24.5 Å². The Kier molecular flexibility index (Phi) is 8.14. The number of aromatic hydroxyl groups is 1. The number of hydrogen-bond donors (Lipinski definition) is 3. The van der Waals surface area contributed by atoms with Gasteiger partial charge in [0.05, 0.1) is 26.2 Å². The highest BCUT2D eigenvalue weighted by Gasteiger charge is 2.23. The predicted molar refractivity (Wildman–Crippen MR) is 133 cm³/mol. The summed E-state index contributed by atoms with van der Waals surface area (Å²) in [6, 6.07) is 13.4. The number of benzene rings is 2. The van der Waals surface area contributed by atoms with Crippen LogP contribution in [0.15, 0.2) is 59.5 Å². The lowest BCUT2D eigenvalue weighted by molar-refractivity contribution is -0.143. The van der Waals surface area contributed by atoms with Crippen LogP contribution in [0, 0.1) is 6.92 Å². The van der Waals surface area contributed by atoms with Gasteiger partial charge in [-0.25, -0.2) is 4.79 Å². The molecule has 3 rings (SSSR count). The van der Waals surface area contributed by atoms with E-state index in [1.54, 1.807) is 33.1 Å². The standard InChI is InChI=1S/C26H29N3O6/c1-5-35-22(30)14-20(27-26(33)28-23-24(31)16(2)15-29(3)25(23)32)18-11-12-21(34-4)19(13-18)17-9-7-6-8-10-17/h6-13,15,20,31H,5,14H2,1-4H3,(H2,27,28,33)/t20-/m0/s1. The fourth-order valence-corrected chi connectivity index (χ4v) is 3.73. The average molecular weight is 480 g/mol. The Balaban J connectivity index is 1.95. The predicted octanol–water partition coefficient (Wildman–Crippen LogP) is 3.89. The largest absolute Gasteiger partial charge is 0.505 e. The van der Waals surface area contributed by atoms with Gasteiger partial charge in [-0.15, -0.1) is 0 Å². The molecule has 0 saturated heterocycles. The highest BCUT2D eigenvalue weighted by atomic mass is 16.5. The van der Waals surface area contributed by atoms with E-state index in [0.717, 1.165) is 11.1 Å². The molecule has 3 aromatic rings. The normalized spacial score (nSPS) is 11.4. The van der Waals surface area contributed by atoms with Crippen LogP contribution in [-0.4, -0.2) is 35.4 Å². The highest BCUT2D eigenvalue weighted by Crippen LogP contribution is 2.33. The van der Waals surface area contributed by atoms with Gasteiger partial charge in [-0.05, 0) is 37.1 Å². The van der Waals surface area contributed by atoms with Crippen LogP contribution in [0.1, 0.15) is 30.5 Å². The topological polar surface area (TPSA) is 119 Å². The number of nitrogens with zero attached hydrogens (tertiary/aromatic N) is 1. The number of rotatable bonds is 8. The van der Waals surface area contributed by atoms with Gasteiger partial charge < -0.3 is 29.8 Å². The Bertz CT molecular complexity index is 1270. The third-order valence-electron chi connectivity index (χ3n) is 5.46. The number of aromatic nitrogens is 1. The molecule has 35 heavy (non-hydrogen) atoms. The molecule has 2 aromatic carbocycles. The van der Waals surface area contributed by atoms with Crippen molar-refractivity contribution in [2.45, 2.75) is 26.3 Å². The van der Waals surface area contributed by atoms with E-state index >= 15 is 0 Å². The first kappa shape index (κ1) is 25.4. The molecular weight excluding hydrogens is 450 g/mol. The Morgan fingerprint density at radius 3 is 2.51 bits per heavy atom. The number of nitrogens with one attached hydrogen (secondary N) is 2. The summed E-state index contributed by atoms with van der Waals surface area (Å²) in [7, 11) is 3.09. The molecule has 1 aromatic heterocycles. The molecule has 9 nitrogen and oxygen atoms in total. The molecule has 1 heterocycles. The maximum atomic E-state index is 12.9. The number of esters is 1. The fraction of sp³-hybridized carbons (Fsp3) is 0.269. The molecule has 9 heteroatoms. The van der Waals surface area contributed by atoms with Gasteiger partial charge in [0.1, 0.15) is 11.5 Å². The maximum Gasteiger partial charge on any atom is 0.319 e. The van der Waals surface area contributed by atoms with Crippen molar-refractivity contribution in [2.24, 2.45) is 7.05 Å². The van der Waals surface area contributed by atoms with Gasteiger partial charge in [0.2, 0.25) is 0 Å². The van der Waals surface area contributed by atoms with Gasteiger partial charge in [0.15, 0.2) is 5.69 Å². The van der Waals surface area contributed by atoms with Crippen LogP contribution < -0.4 is 20.9 Å². The molecule has 0 aliphatic heterocycles. The van der Waals surface area contributed by atoms with Crippen molar-refractivity contribution in [2.75, 3.05) is 19.0 Å². The van der Waals surface area contributed by atoms with Crippen molar-refractivity contribution in [3.8, 4) is 22.6 Å². The molecule has 0 bridgehead atoms. The minimum Gasteiger partial charge on any atom is -0.505 e. The molecule has 184 valence electrons. The van der Waals surface area contributed by atoms with E-state index < -0.39 is 23.6 Å². The first-order chi connectivity index (χ1) is 16.7. The highest BCUT2D eigenvalue weighted by molar-refractivity contribution is 5.91. The third kappa shape index (κ3) is 6.00. The molecule has 0 fully saturated rings. The Morgan fingerprint density at radius 2 is 1.86 bits per heavy atom. The zero-order valence-corrected chi connectivity index (χ0v) is 20.1. The minimum atomic E-state index is -0.779. The summed E-state index contributed by atoms with van der Waals surface area (Å²) in [6.45, 7) is 3.51. The SMILES string of the molecule is CCOC(=O)C[C@H](NC(=O)Nc1c(O)c(C)cn(C)c1=O)c1ccc(OC)c(-c2ccccc2)c1. The number of aryl methyl sites for hydroxylation is 2. The molecule has 0 aliphatic carbocycles. The number of anilines is 1. The molecular formula is C26H29N3O6. The third-order valence-corrected chi connectivity index (χ3v) is 5.46. The van der Waals surface area contributed by atoms with Crippen molar-refractivity contribution in [3.05, 3.63) is 76.2 Å². The molecule has 0 unspecified atom stereocenters. The Morgan fingerprint density at radius 1 is 1.14 bits per heavy atom. The second kappa shape index (κ2) is 11.2.